The highest BCUT2D eigenvalue weighted by molar-refractivity contribution is 6.32. The maximum absolute atomic E-state index is 12.1. The molecule has 0 aliphatic carbocycles. The number of rotatable bonds is 5. The highest BCUT2D eigenvalue weighted by Gasteiger charge is 2.08. The van der Waals surface area contributed by atoms with E-state index in [9.17, 15) is 4.79 Å². The van der Waals surface area contributed by atoms with Crippen molar-refractivity contribution >= 4 is 29.0 Å². The Morgan fingerprint density at radius 1 is 1.14 bits per heavy atom. The first kappa shape index (κ1) is 16.0. The predicted molar refractivity (Wildman–Crippen MR) is 88.3 cm³/mol. The van der Waals surface area contributed by atoms with Crippen LogP contribution in [0.3, 0.4) is 0 Å². The van der Waals surface area contributed by atoms with Crippen molar-refractivity contribution in [2.45, 2.75) is 6.92 Å². The fraction of sp³-hybridized carbons (Fsp3) is 0.188. The second-order valence-electron chi connectivity index (χ2n) is 4.36. The number of benzene rings is 2. The lowest BCUT2D eigenvalue weighted by molar-refractivity contribution is 0.262. The van der Waals surface area contributed by atoms with Crippen LogP contribution in [0.2, 0.25) is 5.02 Å². The molecule has 0 unspecified atom stereocenters. The minimum atomic E-state index is -0.381. The first-order valence-corrected chi connectivity index (χ1v) is 7.15. The molecule has 0 fully saturated rings. The molecule has 0 spiro atoms. The van der Waals surface area contributed by atoms with Gasteiger partial charge in [-0.15, -0.1) is 0 Å². The maximum Gasteiger partial charge on any atom is 0.323 e. The van der Waals surface area contributed by atoms with E-state index >= 15 is 0 Å². The zero-order chi connectivity index (χ0) is 15.9. The molecule has 0 aromatic heterocycles. The molecular formula is C16H17ClN2O3. The Labute approximate surface area is 134 Å². The number of ether oxygens (including phenoxy) is 2. The van der Waals surface area contributed by atoms with E-state index < -0.39 is 0 Å². The van der Waals surface area contributed by atoms with Crippen LogP contribution in [-0.2, 0) is 0 Å². The maximum atomic E-state index is 12.1. The minimum Gasteiger partial charge on any atom is -0.495 e. The lowest BCUT2D eigenvalue weighted by Gasteiger charge is -2.12. The summed E-state index contributed by atoms with van der Waals surface area (Å²) in [5, 5.41) is 5.87. The van der Waals surface area contributed by atoms with Gasteiger partial charge in [-0.3, -0.25) is 0 Å². The molecule has 2 rings (SSSR count). The van der Waals surface area contributed by atoms with Crippen LogP contribution in [0.1, 0.15) is 6.92 Å². The zero-order valence-corrected chi connectivity index (χ0v) is 13.1. The largest absolute Gasteiger partial charge is 0.495 e. The Morgan fingerprint density at radius 3 is 2.59 bits per heavy atom. The summed E-state index contributed by atoms with van der Waals surface area (Å²) >= 11 is 6.02. The summed E-state index contributed by atoms with van der Waals surface area (Å²) < 4.78 is 10.5. The highest BCUT2D eigenvalue weighted by atomic mass is 35.5. The Morgan fingerprint density at radius 2 is 1.91 bits per heavy atom. The van der Waals surface area contributed by atoms with Crippen LogP contribution in [0.15, 0.2) is 42.5 Å². The average Bonchev–Trinajstić information content (AvgIpc) is 2.49. The molecule has 0 saturated carbocycles. The topological polar surface area (TPSA) is 59.6 Å². The fourth-order valence-corrected chi connectivity index (χ4v) is 2.14. The van der Waals surface area contributed by atoms with E-state index in [1.807, 2.05) is 19.1 Å². The van der Waals surface area contributed by atoms with Gasteiger partial charge in [-0.25, -0.2) is 4.79 Å². The smallest absolute Gasteiger partial charge is 0.323 e. The van der Waals surface area contributed by atoms with Gasteiger partial charge < -0.3 is 20.1 Å². The number of methoxy groups -OCH3 is 1. The zero-order valence-electron chi connectivity index (χ0n) is 12.4. The third-order valence-corrected chi connectivity index (χ3v) is 3.14. The molecule has 116 valence electrons. The molecule has 0 bridgehead atoms. The van der Waals surface area contributed by atoms with E-state index in [0.717, 1.165) is 0 Å². The highest BCUT2D eigenvalue weighted by Crippen LogP contribution is 2.28. The van der Waals surface area contributed by atoms with Gasteiger partial charge in [0.1, 0.15) is 11.5 Å². The van der Waals surface area contributed by atoms with Crippen molar-refractivity contribution in [3.63, 3.8) is 0 Å². The van der Waals surface area contributed by atoms with Crippen LogP contribution >= 0.6 is 11.6 Å². The SMILES string of the molecule is CCOc1ccccc1NC(=O)Nc1ccc(OC)c(Cl)c1. The number of hydrogen-bond donors (Lipinski definition) is 2. The first-order valence-electron chi connectivity index (χ1n) is 6.77. The van der Waals surface area contributed by atoms with Gasteiger partial charge in [0.15, 0.2) is 0 Å². The summed E-state index contributed by atoms with van der Waals surface area (Å²) in [6, 6.07) is 11.9. The van der Waals surface area contributed by atoms with Gasteiger partial charge in [-0.1, -0.05) is 23.7 Å². The monoisotopic (exact) mass is 320 g/mol. The minimum absolute atomic E-state index is 0.381. The molecule has 6 heteroatoms. The Bertz CT molecular complexity index is 662. The van der Waals surface area contributed by atoms with Crippen LogP contribution < -0.4 is 20.1 Å². The molecule has 2 N–H and O–H groups in total. The van der Waals surface area contributed by atoms with Crippen LogP contribution in [-0.4, -0.2) is 19.7 Å². The molecule has 0 atom stereocenters. The Balaban J connectivity index is 2.06. The predicted octanol–water partition coefficient (Wildman–Crippen LogP) is 4.39. The van der Waals surface area contributed by atoms with Crippen molar-refractivity contribution in [3.8, 4) is 11.5 Å². The van der Waals surface area contributed by atoms with Crippen LogP contribution in [0.4, 0.5) is 16.2 Å². The van der Waals surface area contributed by atoms with Gasteiger partial charge in [0.2, 0.25) is 0 Å². The lowest BCUT2D eigenvalue weighted by atomic mass is 10.3. The number of urea groups is 1. The van der Waals surface area contributed by atoms with E-state index in [4.69, 9.17) is 21.1 Å². The van der Waals surface area contributed by atoms with E-state index in [1.165, 1.54) is 7.11 Å². The quantitative estimate of drug-likeness (QED) is 0.859. The molecular weight excluding hydrogens is 304 g/mol. The molecule has 0 aliphatic heterocycles. The molecule has 0 heterocycles. The third kappa shape index (κ3) is 4.05. The summed E-state index contributed by atoms with van der Waals surface area (Å²) in [6.07, 6.45) is 0. The summed E-state index contributed by atoms with van der Waals surface area (Å²) in [5.41, 5.74) is 1.17. The molecule has 0 aliphatic rings. The third-order valence-electron chi connectivity index (χ3n) is 2.84. The van der Waals surface area contributed by atoms with Crippen molar-refractivity contribution in [2.75, 3.05) is 24.4 Å². The second-order valence-corrected chi connectivity index (χ2v) is 4.76. The normalized spacial score (nSPS) is 9.95. The fourth-order valence-electron chi connectivity index (χ4n) is 1.88. The lowest BCUT2D eigenvalue weighted by Crippen LogP contribution is -2.19. The van der Waals surface area contributed by atoms with Crippen molar-refractivity contribution in [3.05, 3.63) is 47.5 Å². The second kappa shape index (κ2) is 7.56. The molecule has 2 amide bonds. The number of para-hydroxylation sites is 2. The molecule has 5 nitrogen and oxygen atoms in total. The van der Waals surface area contributed by atoms with Gasteiger partial charge >= 0.3 is 6.03 Å². The number of carbonyl (C=O) groups excluding carboxylic acids is 1. The first-order chi connectivity index (χ1) is 10.6. The Hall–Kier alpha value is -2.40. The number of amides is 2. The van der Waals surface area contributed by atoms with Crippen LogP contribution in [0.25, 0.3) is 0 Å². The summed E-state index contributed by atoms with van der Waals surface area (Å²) in [6.45, 7) is 2.41. The number of halogens is 1. The number of carbonyl (C=O) groups is 1. The van der Waals surface area contributed by atoms with Crippen molar-refractivity contribution in [1.82, 2.24) is 0 Å². The van der Waals surface area contributed by atoms with Gasteiger partial charge in [0.25, 0.3) is 0 Å². The molecule has 2 aromatic rings. The van der Waals surface area contributed by atoms with Crippen molar-refractivity contribution in [1.29, 1.82) is 0 Å². The number of nitrogens with one attached hydrogen (secondary N) is 2. The number of anilines is 2. The average molecular weight is 321 g/mol. The molecule has 0 saturated heterocycles. The molecule has 0 radical (unpaired) electrons. The number of hydrogen-bond acceptors (Lipinski definition) is 3. The molecule has 22 heavy (non-hydrogen) atoms. The van der Waals surface area contributed by atoms with Gasteiger partial charge in [0, 0.05) is 5.69 Å². The van der Waals surface area contributed by atoms with Gasteiger partial charge in [-0.2, -0.15) is 0 Å². The summed E-state index contributed by atoms with van der Waals surface area (Å²) in [7, 11) is 1.53. The standard InChI is InChI=1S/C16H17ClN2O3/c1-3-22-15-7-5-4-6-13(15)19-16(20)18-11-8-9-14(21-2)12(17)10-11/h4-10H,3H2,1-2H3,(H2,18,19,20). The summed E-state index contributed by atoms with van der Waals surface area (Å²) in [4.78, 5) is 12.1. The van der Waals surface area contributed by atoms with E-state index in [-0.39, 0.29) is 6.03 Å². The van der Waals surface area contributed by atoms with Crippen LogP contribution in [0.5, 0.6) is 11.5 Å². The summed E-state index contributed by atoms with van der Waals surface area (Å²) in [5.74, 6) is 1.17. The molecule has 2 aromatic carbocycles. The van der Waals surface area contributed by atoms with Crippen molar-refractivity contribution < 1.29 is 14.3 Å². The van der Waals surface area contributed by atoms with E-state index in [0.29, 0.717) is 34.5 Å². The Kier molecular flexibility index (Phi) is 5.49. The van der Waals surface area contributed by atoms with E-state index in [1.54, 1.807) is 30.3 Å². The van der Waals surface area contributed by atoms with Gasteiger partial charge in [0.05, 0.1) is 24.4 Å². The van der Waals surface area contributed by atoms with E-state index in [2.05, 4.69) is 10.6 Å². The van der Waals surface area contributed by atoms with Crippen LogP contribution in [0, 0.1) is 0 Å². The van der Waals surface area contributed by atoms with Crippen molar-refractivity contribution in [2.24, 2.45) is 0 Å². The van der Waals surface area contributed by atoms with Gasteiger partial charge in [-0.05, 0) is 37.3 Å².